The number of aliphatic hydroxyl groups is 1. The van der Waals surface area contributed by atoms with Gasteiger partial charge in [-0.15, -0.1) is 0 Å². The lowest BCUT2D eigenvalue weighted by Crippen LogP contribution is -2.25. The number of esters is 2. The van der Waals surface area contributed by atoms with Crippen molar-refractivity contribution in [2.45, 2.75) is 45.0 Å². The molecule has 7 heteroatoms. The Bertz CT molecular complexity index is 640. The van der Waals surface area contributed by atoms with E-state index in [2.05, 4.69) is 0 Å². The molecule has 1 heterocycles. The van der Waals surface area contributed by atoms with Crippen LogP contribution in [0.1, 0.15) is 47.4 Å². The molecule has 1 saturated heterocycles. The predicted octanol–water partition coefficient (Wildman–Crippen LogP) is 1.52. The highest BCUT2D eigenvalue weighted by Gasteiger charge is 2.36. The monoisotopic (exact) mass is 350 g/mol. The third-order valence-corrected chi connectivity index (χ3v) is 3.96. The smallest absolute Gasteiger partial charge is 0.339 e. The van der Waals surface area contributed by atoms with Crippen molar-refractivity contribution in [2.75, 3.05) is 13.2 Å². The van der Waals surface area contributed by atoms with E-state index in [9.17, 15) is 14.4 Å². The molecule has 1 aromatic rings. The van der Waals surface area contributed by atoms with Gasteiger partial charge in [0.1, 0.15) is 12.7 Å². The van der Waals surface area contributed by atoms with Crippen molar-refractivity contribution < 1.29 is 33.7 Å². The fourth-order valence-corrected chi connectivity index (χ4v) is 2.67. The topological polar surface area (TPSA) is 99.1 Å². The van der Waals surface area contributed by atoms with Crippen LogP contribution in [0.2, 0.25) is 0 Å². The lowest BCUT2D eigenvalue weighted by atomic mass is 10.0. The second-order valence-corrected chi connectivity index (χ2v) is 5.90. The highest BCUT2D eigenvalue weighted by Crippen LogP contribution is 2.25. The lowest BCUT2D eigenvalue weighted by molar-refractivity contribution is -0.148. The molecular formula is C18H22O7. The number of aliphatic hydroxyl groups excluding tert-OH is 1. The van der Waals surface area contributed by atoms with Crippen molar-refractivity contribution in [1.82, 2.24) is 0 Å². The fourth-order valence-electron chi connectivity index (χ4n) is 2.67. The quantitative estimate of drug-likeness (QED) is 0.588. The maximum Gasteiger partial charge on any atom is 0.339 e. The van der Waals surface area contributed by atoms with E-state index in [0.29, 0.717) is 12.0 Å². The largest absolute Gasteiger partial charge is 0.463 e. The molecule has 1 fully saturated rings. The van der Waals surface area contributed by atoms with Crippen LogP contribution in [0.5, 0.6) is 0 Å². The number of Topliss-reactive ketones (excluding diaryl/α,β-unsaturated/α-hetero) is 1. The number of benzene rings is 1. The Morgan fingerprint density at radius 3 is 2.56 bits per heavy atom. The minimum Gasteiger partial charge on any atom is -0.463 e. The first-order valence-electron chi connectivity index (χ1n) is 8.15. The Morgan fingerprint density at radius 2 is 1.92 bits per heavy atom. The molecule has 7 nitrogen and oxygen atoms in total. The maximum absolute atomic E-state index is 12.4. The van der Waals surface area contributed by atoms with E-state index in [1.54, 1.807) is 31.2 Å². The predicted molar refractivity (Wildman–Crippen MR) is 87.3 cm³/mol. The van der Waals surface area contributed by atoms with Crippen molar-refractivity contribution in [3.05, 3.63) is 35.4 Å². The van der Waals surface area contributed by atoms with Gasteiger partial charge in [0, 0.05) is 12.0 Å². The van der Waals surface area contributed by atoms with Crippen LogP contribution in [-0.4, -0.2) is 54.4 Å². The summed E-state index contributed by atoms with van der Waals surface area (Å²) in [5, 5.41) is 8.67. The maximum atomic E-state index is 12.4. The van der Waals surface area contributed by atoms with Crippen molar-refractivity contribution in [1.29, 1.82) is 0 Å². The Balaban J connectivity index is 1.93. The van der Waals surface area contributed by atoms with Crippen LogP contribution in [-0.2, 0) is 19.0 Å². The molecule has 1 aliphatic rings. The van der Waals surface area contributed by atoms with Gasteiger partial charge in [-0.2, -0.15) is 0 Å². The Kier molecular flexibility index (Phi) is 6.66. The van der Waals surface area contributed by atoms with Gasteiger partial charge in [0.25, 0.3) is 0 Å². The molecule has 0 aliphatic carbocycles. The summed E-state index contributed by atoms with van der Waals surface area (Å²) in [6.45, 7) is 2.94. The molecule has 136 valence electrons. The molecule has 0 bridgehead atoms. The summed E-state index contributed by atoms with van der Waals surface area (Å²) in [7, 11) is 0. The van der Waals surface area contributed by atoms with E-state index in [-0.39, 0.29) is 43.2 Å². The number of ether oxygens (including phenoxy) is 3. The summed E-state index contributed by atoms with van der Waals surface area (Å²) < 4.78 is 16.1. The molecule has 3 atom stereocenters. The van der Waals surface area contributed by atoms with Crippen molar-refractivity contribution >= 4 is 17.7 Å². The van der Waals surface area contributed by atoms with E-state index >= 15 is 0 Å². The van der Waals surface area contributed by atoms with Gasteiger partial charge in [0.15, 0.2) is 5.78 Å². The summed E-state index contributed by atoms with van der Waals surface area (Å²) in [5.74, 6) is -1.30. The molecular weight excluding hydrogens is 328 g/mol. The van der Waals surface area contributed by atoms with Gasteiger partial charge in [-0.1, -0.05) is 18.2 Å². The first kappa shape index (κ1) is 19.1. The average Bonchev–Trinajstić information content (AvgIpc) is 2.93. The zero-order valence-electron chi connectivity index (χ0n) is 14.3. The summed E-state index contributed by atoms with van der Waals surface area (Å²) in [4.78, 5) is 35.3. The van der Waals surface area contributed by atoms with Gasteiger partial charge >= 0.3 is 11.9 Å². The standard InChI is InChI=1S/C18H22O7/c1-11(20)14-5-3-4-6-15(14)18(22)25-16-9-13(24-12(16)2)10-23-17(21)7-8-19/h3-6,12-13,16,19H,7-10H2,1-2H3/t12-,13-,16+/m0/s1. The minimum atomic E-state index is -0.579. The second-order valence-electron chi connectivity index (χ2n) is 5.90. The van der Waals surface area contributed by atoms with Crippen LogP contribution in [0, 0.1) is 0 Å². The van der Waals surface area contributed by atoms with Crippen LogP contribution < -0.4 is 0 Å². The number of hydrogen-bond acceptors (Lipinski definition) is 7. The Labute approximate surface area is 145 Å². The molecule has 0 unspecified atom stereocenters. The first-order valence-corrected chi connectivity index (χ1v) is 8.15. The summed E-state index contributed by atoms with van der Waals surface area (Å²) >= 11 is 0. The highest BCUT2D eigenvalue weighted by atomic mass is 16.6. The molecule has 1 aromatic carbocycles. The minimum absolute atomic E-state index is 0.0429. The molecule has 0 spiro atoms. The summed E-state index contributed by atoms with van der Waals surface area (Å²) in [6, 6.07) is 6.48. The summed E-state index contributed by atoms with van der Waals surface area (Å²) in [6.07, 6.45) is -0.896. The summed E-state index contributed by atoms with van der Waals surface area (Å²) in [5.41, 5.74) is 0.536. The van der Waals surface area contributed by atoms with E-state index in [1.165, 1.54) is 6.92 Å². The Hall–Kier alpha value is -2.25. The zero-order valence-corrected chi connectivity index (χ0v) is 14.3. The third-order valence-electron chi connectivity index (χ3n) is 3.96. The van der Waals surface area contributed by atoms with E-state index < -0.39 is 18.0 Å². The van der Waals surface area contributed by atoms with Gasteiger partial charge in [-0.3, -0.25) is 9.59 Å². The third kappa shape index (κ3) is 5.11. The average molecular weight is 350 g/mol. The van der Waals surface area contributed by atoms with E-state index in [0.717, 1.165) is 0 Å². The fraction of sp³-hybridized carbons (Fsp3) is 0.500. The number of rotatable bonds is 7. The van der Waals surface area contributed by atoms with Gasteiger partial charge in [-0.25, -0.2) is 4.79 Å². The van der Waals surface area contributed by atoms with Gasteiger partial charge < -0.3 is 19.3 Å². The zero-order chi connectivity index (χ0) is 18.4. The highest BCUT2D eigenvalue weighted by molar-refractivity contribution is 6.05. The van der Waals surface area contributed by atoms with Crippen molar-refractivity contribution in [3.63, 3.8) is 0 Å². The van der Waals surface area contributed by atoms with Gasteiger partial charge in [0.2, 0.25) is 0 Å². The van der Waals surface area contributed by atoms with Crippen LogP contribution in [0.3, 0.4) is 0 Å². The lowest BCUT2D eigenvalue weighted by Gasteiger charge is -2.16. The Morgan fingerprint density at radius 1 is 1.24 bits per heavy atom. The molecule has 25 heavy (non-hydrogen) atoms. The number of hydrogen-bond donors (Lipinski definition) is 1. The number of carbonyl (C=O) groups is 3. The second kappa shape index (κ2) is 8.73. The molecule has 0 aromatic heterocycles. The molecule has 0 amide bonds. The van der Waals surface area contributed by atoms with Crippen LogP contribution >= 0.6 is 0 Å². The van der Waals surface area contributed by atoms with Gasteiger partial charge in [0.05, 0.1) is 30.8 Å². The SMILES string of the molecule is CC(=O)c1ccccc1C(=O)O[C@@H]1C[C@@H](COC(=O)CCO)O[C@H]1C. The normalized spacial score (nSPS) is 22.4. The van der Waals surface area contributed by atoms with Crippen molar-refractivity contribution in [2.24, 2.45) is 0 Å². The number of ketones is 1. The first-order chi connectivity index (χ1) is 11.9. The van der Waals surface area contributed by atoms with Crippen molar-refractivity contribution in [3.8, 4) is 0 Å². The molecule has 1 aliphatic heterocycles. The van der Waals surface area contributed by atoms with E-state index in [1.807, 2.05) is 0 Å². The van der Waals surface area contributed by atoms with Crippen LogP contribution in [0.25, 0.3) is 0 Å². The van der Waals surface area contributed by atoms with Crippen LogP contribution in [0.4, 0.5) is 0 Å². The number of carbonyl (C=O) groups excluding carboxylic acids is 3. The molecule has 0 radical (unpaired) electrons. The van der Waals surface area contributed by atoms with E-state index in [4.69, 9.17) is 19.3 Å². The molecule has 1 N–H and O–H groups in total. The molecule has 2 rings (SSSR count). The van der Waals surface area contributed by atoms with Gasteiger partial charge in [-0.05, 0) is 19.9 Å². The molecule has 0 saturated carbocycles. The van der Waals surface area contributed by atoms with Crippen LogP contribution in [0.15, 0.2) is 24.3 Å².